The van der Waals surface area contributed by atoms with Crippen LogP contribution >= 0.6 is 0 Å². The monoisotopic (exact) mass is 215 g/mol. The van der Waals surface area contributed by atoms with Gasteiger partial charge in [0.15, 0.2) is 6.23 Å². The summed E-state index contributed by atoms with van der Waals surface area (Å²) in [5.74, 6) is 0. The summed E-state index contributed by atoms with van der Waals surface area (Å²) >= 11 is 0. The Kier molecular flexibility index (Phi) is 5.47. The summed E-state index contributed by atoms with van der Waals surface area (Å²) in [7, 11) is 0. The molecule has 0 saturated carbocycles. The van der Waals surface area contributed by atoms with Crippen LogP contribution in [0, 0.1) is 0 Å². The van der Waals surface area contributed by atoms with Gasteiger partial charge in [0, 0.05) is 0 Å². The molecule has 0 aromatic heterocycles. The Morgan fingerprint density at radius 2 is 2.33 bits per heavy atom. The highest BCUT2D eigenvalue weighted by Crippen LogP contribution is 2.11. The van der Waals surface area contributed by atoms with Crippen LogP contribution in [0.15, 0.2) is 0 Å². The van der Waals surface area contributed by atoms with Crippen LogP contribution in [0.5, 0.6) is 0 Å². The van der Waals surface area contributed by atoms with Crippen molar-refractivity contribution in [3.8, 4) is 0 Å². The highest BCUT2D eigenvalue weighted by atomic mass is 16.7. The first kappa shape index (κ1) is 12.3. The first-order valence-corrected chi connectivity index (χ1v) is 5.86. The first-order chi connectivity index (χ1) is 7.26. The van der Waals surface area contributed by atoms with E-state index in [9.17, 15) is 4.79 Å². The van der Waals surface area contributed by atoms with Crippen LogP contribution in [0.4, 0.5) is 4.79 Å². The fraction of sp³-hybridized carbons (Fsp3) is 0.909. The van der Waals surface area contributed by atoms with E-state index >= 15 is 0 Å². The van der Waals surface area contributed by atoms with Crippen molar-refractivity contribution in [1.82, 2.24) is 5.32 Å². The Hall–Kier alpha value is -0.770. The van der Waals surface area contributed by atoms with Crippen molar-refractivity contribution in [2.45, 2.75) is 58.3 Å². The van der Waals surface area contributed by atoms with Crippen LogP contribution in [0.1, 0.15) is 46.0 Å². The fourth-order valence-electron chi connectivity index (χ4n) is 1.70. The van der Waals surface area contributed by atoms with Crippen LogP contribution in [0.2, 0.25) is 0 Å². The third kappa shape index (κ3) is 4.51. The molecule has 0 aliphatic carbocycles. The zero-order valence-electron chi connectivity index (χ0n) is 9.62. The van der Waals surface area contributed by atoms with Crippen molar-refractivity contribution >= 4 is 6.16 Å². The average Bonchev–Trinajstić information content (AvgIpc) is 2.69. The fourth-order valence-corrected chi connectivity index (χ4v) is 1.70. The molecule has 2 atom stereocenters. The van der Waals surface area contributed by atoms with Crippen LogP contribution in [0.3, 0.4) is 0 Å². The Morgan fingerprint density at radius 1 is 1.53 bits per heavy atom. The van der Waals surface area contributed by atoms with Gasteiger partial charge in [-0.3, -0.25) is 5.32 Å². The van der Waals surface area contributed by atoms with Crippen LogP contribution in [-0.4, -0.2) is 25.0 Å². The smallest absolute Gasteiger partial charge is 0.431 e. The van der Waals surface area contributed by atoms with Crippen molar-refractivity contribution in [3.05, 3.63) is 0 Å². The molecular weight excluding hydrogens is 194 g/mol. The van der Waals surface area contributed by atoms with Gasteiger partial charge in [0.25, 0.3) is 0 Å². The summed E-state index contributed by atoms with van der Waals surface area (Å²) in [6.45, 7) is 5.02. The Morgan fingerprint density at radius 3 is 2.87 bits per heavy atom. The molecule has 2 unspecified atom stereocenters. The SMILES string of the molecule is CCCC(CC)OC(=O)OC1CCCN1. The molecule has 0 bridgehead atoms. The quantitative estimate of drug-likeness (QED) is 0.715. The highest BCUT2D eigenvalue weighted by Gasteiger charge is 2.20. The Balaban J connectivity index is 2.20. The van der Waals surface area contributed by atoms with E-state index in [0.717, 1.165) is 38.6 Å². The Bertz CT molecular complexity index is 190. The molecule has 4 nitrogen and oxygen atoms in total. The average molecular weight is 215 g/mol. The van der Waals surface area contributed by atoms with Crippen molar-refractivity contribution in [3.63, 3.8) is 0 Å². The molecule has 1 aliphatic rings. The third-order valence-corrected chi connectivity index (χ3v) is 2.58. The summed E-state index contributed by atoms with van der Waals surface area (Å²) in [5.41, 5.74) is 0. The van der Waals surface area contributed by atoms with Gasteiger partial charge in [0.05, 0.1) is 0 Å². The number of hydrogen-bond acceptors (Lipinski definition) is 4. The van der Waals surface area contributed by atoms with E-state index in [0.29, 0.717) is 0 Å². The van der Waals surface area contributed by atoms with Crippen molar-refractivity contribution < 1.29 is 14.3 Å². The summed E-state index contributed by atoms with van der Waals surface area (Å²) in [5, 5.41) is 3.09. The number of hydrogen-bond donors (Lipinski definition) is 1. The van der Waals surface area contributed by atoms with Gasteiger partial charge < -0.3 is 9.47 Å². The minimum absolute atomic E-state index is 0.00361. The maximum Gasteiger partial charge on any atom is 0.510 e. The van der Waals surface area contributed by atoms with E-state index in [1.54, 1.807) is 0 Å². The predicted octanol–water partition coefficient (Wildman–Crippen LogP) is 2.43. The van der Waals surface area contributed by atoms with Gasteiger partial charge in [-0.25, -0.2) is 4.79 Å². The van der Waals surface area contributed by atoms with Gasteiger partial charge >= 0.3 is 6.16 Å². The lowest BCUT2D eigenvalue weighted by Gasteiger charge is -2.17. The molecule has 0 radical (unpaired) electrons. The van der Waals surface area contributed by atoms with Crippen LogP contribution < -0.4 is 5.32 Å². The van der Waals surface area contributed by atoms with E-state index in [2.05, 4.69) is 12.2 Å². The van der Waals surface area contributed by atoms with Gasteiger partial charge in [-0.15, -0.1) is 0 Å². The third-order valence-electron chi connectivity index (χ3n) is 2.58. The van der Waals surface area contributed by atoms with Gasteiger partial charge in [-0.2, -0.15) is 0 Å². The second kappa shape index (κ2) is 6.67. The van der Waals surface area contributed by atoms with Crippen molar-refractivity contribution in [2.75, 3.05) is 6.54 Å². The molecular formula is C11H21NO3. The Labute approximate surface area is 91.3 Å². The minimum atomic E-state index is -0.533. The van der Waals surface area contributed by atoms with Crippen LogP contribution in [-0.2, 0) is 9.47 Å². The van der Waals surface area contributed by atoms with E-state index in [4.69, 9.17) is 9.47 Å². The van der Waals surface area contributed by atoms with E-state index < -0.39 is 6.16 Å². The molecule has 0 aromatic carbocycles. The molecule has 1 heterocycles. The zero-order valence-corrected chi connectivity index (χ0v) is 9.62. The summed E-state index contributed by atoms with van der Waals surface area (Å²) < 4.78 is 10.3. The first-order valence-electron chi connectivity index (χ1n) is 5.86. The minimum Gasteiger partial charge on any atom is -0.431 e. The molecule has 0 amide bonds. The van der Waals surface area contributed by atoms with Crippen molar-refractivity contribution in [2.24, 2.45) is 0 Å². The van der Waals surface area contributed by atoms with Gasteiger partial charge in [0.2, 0.25) is 0 Å². The topological polar surface area (TPSA) is 47.6 Å². The normalized spacial score (nSPS) is 22.4. The number of ether oxygens (including phenoxy) is 2. The number of carbonyl (C=O) groups is 1. The number of carbonyl (C=O) groups excluding carboxylic acids is 1. The molecule has 0 spiro atoms. The maximum atomic E-state index is 11.4. The lowest BCUT2D eigenvalue weighted by atomic mass is 10.2. The second-order valence-corrected chi connectivity index (χ2v) is 3.89. The molecule has 1 aliphatic heterocycles. The van der Waals surface area contributed by atoms with Gasteiger partial charge in [-0.1, -0.05) is 20.3 Å². The lowest BCUT2D eigenvalue weighted by Crippen LogP contribution is -2.29. The lowest BCUT2D eigenvalue weighted by molar-refractivity contribution is -0.00836. The zero-order chi connectivity index (χ0) is 11.1. The van der Waals surface area contributed by atoms with Gasteiger partial charge in [-0.05, 0) is 32.2 Å². The molecule has 88 valence electrons. The molecule has 1 fully saturated rings. The predicted molar refractivity (Wildman–Crippen MR) is 57.6 cm³/mol. The van der Waals surface area contributed by atoms with E-state index in [-0.39, 0.29) is 12.3 Å². The highest BCUT2D eigenvalue weighted by molar-refractivity contribution is 5.60. The number of rotatable bonds is 5. The largest absolute Gasteiger partial charge is 0.510 e. The molecule has 0 aromatic rings. The molecule has 1 saturated heterocycles. The molecule has 1 rings (SSSR count). The molecule has 15 heavy (non-hydrogen) atoms. The van der Waals surface area contributed by atoms with Crippen molar-refractivity contribution in [1.29, 1.82) is 0 Å². The van der Waals surface area contributed by atoms with Gasteiger partial charge in [0.1, 0.15) is 6.10 Å². The maximum absolute atomic E-state index is 11.4. The summed E-state index contributed by atoms with van der Waals surface area (Å²) in [6.07, 6.45) is 4.05. The number of nitrogens with one attached hydrogen (secondary N) is 1. The second-order valence-electron chi connectivity index (χ2n) is 3.89. The molecule has 1 N–H and O–H groups in total. The van der Waals surface area contributed by atoms with E-state index in [1.165, 1.54) is 0 Å². The van der Waals surface area contributed by atoms with E-state index in [1.807, 2.05) is 6.92 Å². The summed E-state index contributed by atoms with van der Waals surface area (Å²) in [6, 6.07) is 0. The molecule has 4 heteroatoms. The van der Waals surface area contributed by atoms with Crippen LogP contribution in [0.25, 0.3) is 0 Å². The standard InChI is InChI=1S/C11H21NO3/c1-3-6-9(4-2)14-11(13)15-10-7-5-8-12-10/h9-10,12H,3-8H2,1-2H3. The summed E-state index contributed by atoms with van der Waals surface area (Å²) in [4.78, 5) is 11.4.